The van der Waals surface area contributed by atoms with Crippen LogP contribution >= 0.6 is 11.6 Å². The predicted octanol–water partition coefficient (Wildman–Crippen LogP) is 3.19. The summed E-state index contributed by atoms with van der Waals surface area (Å²) in [5.41, 5.74) is 1.24. The highest BCUT2D eigenvalue weighted by Gasteiger charge is 2.26. The van der Waals surface area contributed by atoms with Gasteiger partial charge in [-0.1, -0.05) is 11.6 Å². The summed E-state index contributed by atoms with van der Waals surface area (Å²) in [5.74, 6) is -0.439. The third-order valence-electron chi connectivity index (χ3n) is 7.61. The number of anilines is 1. The minimum absolute atomic E-state index is 0.0268. The molecule has 0 atom stereocenters. The van der Waals surface area contributed by atoms with E-state index in [0.717, 1.165) is 32.4 Å². The Hall–Kier alpha value is -3.54. The van der Waals surface area contributed by atoms with E-state index >= 15 is 0 Å². The number of rotatable bonds is 7. The van der Waals surface area contributed by atoms with Crippen LogP contribution in [0.1, 0.15) is 54.0 Å². The van der Waals surface area contributed by atoms with Crippen molar-refractivity contribution in [2.24, 2.45) is 0 Å². The van der Waals surface area contributed by atoms with E-state index in [1.807, 2.05) is 0 Å². The number of ether oxygens (including phenoxy) is 1. The molecular weight excluding hydrogens is 546 g/mol. The van der Waals surface area contributed by atoms with Crippen LogP contribution < -0.4 is 10.6 Å². The number of likely N-dealkylation sites (tertiary alicyclic amines) is 1. The number of amides is 3. The zero-order valence-electron chi connectivity index (χ0n) is 23.4. The lowest BCUT2D eigenvalue weighted by Crippen LogP contribution is -2.46. The summed E-state index contributed by atoms with van der Waals surface area (Å²) in [6.45, 7) is 8.27. The molecule has 2 aliphatic heterocycles. The van der Waals surface area contributed by atoms with Crippen molar-refractivity contribution in [1.29, 1.82) is 0 Å². The summed E-state index contributed by atoms with van der Waals surface area (Å²) in [4.78, 5) is 48.1. The van der Waals surface area contributed by atoms with Crippen molar-refractivity contribution in [1.82, 2.24) is 29.9 Å². The molecule has 218 valence electrons. The van der Waals surface area contributed by atoms with Gasteiger partial charge >= 0.3 is 0 Å². The first-order valence-corrected chi connectivity index (χ1v) is 14.5. The van der Waals surface area contributed by atoms with Gasteiger partial charge in [0.2, 0.25) is 5.91 Å². The molecule has 1 aromatic carbocycles. The molecule has 2 fully saturated rings. The van der Waals surface area contributed by atoms with Crippen molar-refractivity contribution in [3.8, 4) is 0 Å². The van der Waals surface area contributed by atoms with E-state index in [9.17, 15) is 14.4 Å². The molecule has 3 aromatic rings. The number of nitrogens with zero attached hydrogens (tertiary/aromatic N) is 5. The third kappa shape index (κ3) is 7.03. The second kappa shape index (κ2) is 13.0. The second-order valence-electron chi connectivity index (χ2n) is 10.8. The Morgan fingerprint density at radius 3 is 2.61 bits per heavy atom. The second-order valence-corrected chi connectivity index (χ2v) is 11.2. The van der Waals surface area contributed by atoms with Crippen LogP contribution in [-0.2, 0) is 16.1 Å². The number of nitrogens with one attached hydrogen (secondary N) is 2. The highest BCUT2D eigenvalue weighted by Crippen LogP contribution is 2.23. The molecule has 0 bridgehead atoms. The SMILES string of the molecule is CC(C)N1CCC(NC(=O)c2nn(CC(=O)Nc3ccc(Cl)cn3)c3ccc(C(=O)N4CCCOCC4)cc23)CC1. The highest BCUT2D eigenvalue weighted by atomic mass is 35.5. The van der Waals surface area contributed by atoms with Gasteiger partial charge in [0.15, 0.2) is 5.69 Å². The highest BCUT2D eigenvalue weighted by molar-refractivity contribution is 6.30. The molecule has 0 unspecified atom stereocenters. The molecule has 0 aliphatic carbocycles. The summed E-state index contributed by atoms with van der Waals surface area (Å²) in [7, 11) is 0. The molecule has 0 saturated carbocycles. The van der Waals surface area contributed by atoms with Crippen LogP contribution in [0.2, 0.25) is 5.02 Å². The Morgan fingerprint density at radius 2 is 1.88 bits per heavy atom. The van der Waals surface area contributed by atoms with Gasteiger partial charge in [0.25, 0.3) is 11.8 Å². The van der Waals surface area contributed by atoms with Crippen LogP contribution in [0.4, 0.5) is 5.82 Å². The number of carbonyl (C=O) groups excluding carboxylic acids is 3. The van der Waals surface area contributed by atoms with Crippen molar-refractivity contribution in [3.05, 3.63) is 52.8 Å². The smallest absolute Gasteiger partial charge is 0.272 e. The average molecular weight is 582 g/mol. The van der Waals surface area contributed by atoms with Gasteiger partial charge in [0, 0.05) is 62.0 Å². The number of carbonyl (C=O) groups is 3. The van der Waals surface area contributed by atoms with E-state index in [1.54, 1.807) is 35.2 Å². The minimum Gasteiger partial charge on any atom is -0.380 e. The largest absolute Gasteiger partial charge is 0.380 e. The third-order valence-corrected chi connectivity index (χ3v) is 7.83. The van der Waals surface area contributed by atoms with Crippen molar-refractivity contribution in [2.45, 2.75) is 51.7 Å². The Morgan fingerprint density at radius 1 is 1.07 bits per heavy atom. The number of hydrogen-bond acceptors (Lipinski definition) is 7. The topological polar surface area (TPSA) is 122 Å². The van der Waals surface area contributed by atoms with Crippen LogP contribution in [0.15, 0.2) is 36.5 Å². The van der Waals surface area contributed by atoms with Crippen LogP contribution in [0, 0.1) is 0 Å². The normalized spacial score (nSPS) is 17.0. The Balaban J connectivity index is 1.40. The monoisotopic (exact) mass is 581 g/mol. The van der Waals surface area contributed by atoms with Gasteiger partial charge in [-0.25, -0.2) is 4.98 Å². The fraction of sp³-hybridized carbons (Fsp3) is 0.483. The summed E-state index contributed by atoms with van der Waals surface area (Å²) in [6, 6.07) is 8.91. The number of fused-ring (bicyclic) bond motifs is 1. The summed E-state index contributed by atoms with van der Waals surface area (Å²) < 4.78 is 6.99. The fourth-order valence-corrected chi connectivity index (χ4v) is 5.43. The molecule has 2 saturated heterocycles. The van der Waals surface area contributed by atoms with E-state index in [-0.39, 0.29) is 36.0 Å². The van der Waals surface area contributed by atoms with Crippen molar-refractivity contribution < 1.29 is 19.1 Å². The maximum Gasteiger partial charge on any atom is 0.272 e. The molecule has 12 heteroatoms. The number of piperidine rings is 1. The molecule has 3 amide bonds. The molecule has 5 rings (SSSR count). The van der Waals surface area contributed by atoms with Gasteiger partial charge in [-0.05, 0) is 63.4 Å². The Bertz CT molecular complexity index is 1390. The molecule has 2 aromatic heterocycles. The standard InChI is InChI=1S/C29H36ClN7O4/c1-19(2)35-11-8-22(9-12-35)32-28(39)27-23-16-20(29(40)36-10-3-14-41-15-13-36)4-6-24(23)37(34-27)18-26(38)33-25-7-5-21(30)17-31-25/h4-7,16-17,19,22H,3,8-15,18H2,1-2H3,(H,32,39)(H,31,33,38). The number of hydrogen-bond donors (Lipinski definition) is 2. The van der Waals surface area contributed by atoms with Gasteiger partial charge in [-0.2, -0.15) is 5.10 Å². The number of aromatic nitrogens is 3. The summed E-state index contributed by atoms with van der Waals surface area (Å²) >= 11 is 5.90. The van der Waals surface area contributed by atoms with E-state index < -0.39 is 0 Å². The Kier molecular flexibility index (Phi) is 9.16. The predicted molar refractivity (Wildman–Crippen MR) is 156 cm³/mol. The van der Waals surface area contributed by atoms with Gasteiger partial charge in [-0.3, -0.25) is 19.1 Å². The summed E-state index contributed by atoms with van der Waals surface area (Å²) in [6.07, 6.45) is 3.91. The van der Waals surface area contributed by atoms with Crippen LogP contribution in [0.3, 0.4) is 0 Å². The van der Waals surface area contributed by atoms with Crippen molar-refractivity contribution >= 4 is 46.0 Å². The van der Waals surface area contributed by atoms with Crippen LogP contribution in [-0.4, -0.2) is 93.8 Å². The number of halogens is 1. The first-order chi connectivity index (χ1) is 19.8. The Labute approximate surface area is 244 Å². The van der Waals surface area contributed by atoms with E-state index in [2.05, 4.69) is 39.5 Å². The molecule has 41 heavy (non-hydrogen) atoms. The lowest BCUT2D eigenvalue weighted by atomic mass is 10.0. The maximum atomic E-state index is 13.6. The lowest BCUT2D eigenvalue weighted by Gasteiger charge is -2.34. The molecule has 11 nitrogen and oxygen atoms in total. The fourth-order valence-electron chi connectivity index (χ4n) is 5.31. The van der Waals surface area contributed by atoms with Crippen LogP contribution in [0.25, 0.3) is 10.9 Å². The molecule has 4 heterocycles. The van der Waals surface area contributed by atoms with E-state index in [4.69, 9.17) is 16.3 Å². The molecular formula is C29H36ClN7O4. The van der Waals surface area contributed by atoms with E-state index in [0.29, 0.717) is 59.7 Å². The quantitative estimate of drug-likeness (QED) is 0.439. The molecule has 0 radical (unpaired) electrons. The average Bonchev–Trinajstić information content (AvgIpc) is 3.11. The van der Waals surface area contributed by atoms with Gasteiger partial charge < -0.3 is 25.2 Å². The zero-order chi connectivity index (χ0) is 28.9. The van der Waals surface area contributed by atoms with Gasteiger partial charge in [0.1, 0.15) is 12.4 Å². The molecule has 0 spiro atoms. The van der Waals surface area contributed by atoms with Gasteiger partial charge in [-0.15, -0.1) is 0 Å². The number of benzene rings is 1. The zero-order valence-corrected chi connectivity index (χ0v) is 24.2. The van der Waals surface area contributed by atoms with Gasteiger partial charge in [0.05, 0.1) is 17.1 Å². The lowest BCUT2D eigenvalue weighted by molar-refractivity contribution is -0.116. The first kappa shape index (κ1) is 29.0. The minimum atomic E-state index is -0.359. The maximum absolute atomic E-state index is 13.6. The first-order valence-electron chi connectivity index (χ1n) is 14.1. The number of pyridine rings is 1. The van der Waals surface area contributed by atoms with Crippen molar-refractivity contribution in [3.63, 3.8) is 0 Å². The molecule has 2 aliphatic rings. The van der Waals surface area contributed by atoms with Crippen molar-refractivity contribution in [2.75, 3.05) is 44.7 Å². The molecule has 2 N–H and O–H groups in total. The van der Waals surface area contributed by atoms with Crippen LogP contribution in [0.5, 0.6) is 0 Å². The van der Waals surface area contributed by atoms with E-state index in [1.165, 1.54) is 10.9 Å². The summed E-state index contributed by atoms with van der Waals surface area (Å²) in [5, 5.41) is 11.4.